The Morgan fingerprint density at radius 2 is 1.66 bits per heavy atom. The van der Waals surface area contributed by atoms with E-state index in [0.717, 1.165) is 6.42 Å². The predicted octanol–water partition coefficient (Wildman–Crippen LogP) is 4.84. The van der Waals surface area contributed by atoms with Crippen molar-refractivity contribution in [2.45, 2.75) is 6.42 Å². The maximum Gasteiger partial charge on any atom is 0.307 e. The molecule has 0 heterocycles. The second-order valence-electron chi connectivity index (χ2n) is 8.07. The number of benzene rings is 2. The number of carboxylic acid groups (broad SMARTS) is 1. The zero-order chi connectivity index (χ0) is 20.1. The largest absolute Gasteiger partial charge is 0.481 e. The molecule has 4 aliphatic rings. The number of ether oxygens (including phenoxy) is 1. The number of allylic oxidation sites excluding steroid dienone is 2. The Morgan fingerprint density at radius 3 is 2.31 bits per heavy atom. The van der Waals surface area contributed by atoms with Crippen LogP contribution in [0.2, 0.25) is 5.02 Å². The van der Waals surface area contributed by atoms with Crippen LogP contribution in [-0.4, -0.2) is 17.0 Å². The van der Waals surface area contributed by atoms with E-state index in [1.165, 1.54) is 0 Å². The Bertz CT molecular complexity index is 1000. The minimum Gasteiger partial charge on any atom is -0.481 e. The molecule has 2 saturated carbocycles. The lowest BCUT2D eigenvalue weighted by Gasteiger charge is -2.41. The first-order valence-corrected chi connectivity index (χ1v) is 10.1. The average molecular weight is 410 g/mol. The quantitative estimate of drug-likeness (QED) is 0.693. The zero-order valence-corrected chi connectivity index (χ0v) is 16.3. The van der Waals surface area contributed by atoms with E-state index in [1.54, 1.807) is 36.4 Å². The van der Waals surface area contributed by atoms with Crippen LogP contribution in [0.15, 0.2) is 60.7 Å². The highest BCUT2D eigenvalue weighted by atomic mass is 35.5. The number of halogens is 1. The molecule has 6 rings (SSSR count). The molecule has 6 atom stereocenters. The number of carbonyl (C=O) groups excluding carboxylic acids is 1. The maximum absolute atomic E-state index is 13.0. The molecule has 0 radical (unpaired) electrons. The Hall–Kier alpha value is -2.79. The molecule has 0 spiro atoms. The van der Waals surface area contributed by atoms with Crippen LogP contribution < -0.4 is 10.1 Å². The standard InChI is InChI=1S/C23H20ClNO4/c24-12-2-1-3-15(10-12)29-14-6-4-13(5-7-14)25-22(26)20-16-8-9-17(19-11-18(16)19)21(20)23(27)28/h1-10,16-21H,11H2,(H,25,26)(H,27,28)/t16-,17-,18-,19-,20-,21+/m1/s1. The molecule has 2 aromatic rings. The number of nitrogens with one attached hydrogen (secondary N) is 1. The fraction of sp³-hybridized carbons (Fsp3) is 0.304. The first-order chi connectivity index (χ1) is 14.0. The Kier molecular flexibility index (Phi) is 4.36. The van der Waals surface area contributed by atoms with Crippen LogP contribution in [0.5, 0.6) is 11.5 Å². The molecule has 2 bridgehead atoms. The number of amides is 1. The molecule has 2 fully saturated rings. The van der Waals surface area contributed by atoms with E-state index in [-0.39, 0.29) is 17.7 Å². The van der Waals surface area contributed by atoms with Crippen LogP contribution in [-0.2, 0) is 9.59 Å². The molecule has 148 valence electrons. The topological polar surface area (TPSA) is 75.6 Å². The smallest absolute Gasteiger partial charge is 0.307 e. The molecule has 0 aromatic heterocycles. The molecule has 2 aromatic carbocycles. The summed E-state index contributed by atoms with van der Waals surface area (Å²) in [4.78, 5) is 24.9. The third-order valence-electron chi connectivity index (χ3n) is 6.39. The summed E-state index contributed by atoms with van der Waals surface area (Å²) < 4.78 is 5.76. The minimum absolute atomic E-state index is 0.0216. The van der Waals surface area contributed by atoms with E-state index in [9.17, 15) is 14.7 Å². The van der Waals surface area contributed by atoms with Gasteiger partial charge in [0.1, 0.15) is 11.5 Å². The van der Waals surface area contributed by atoms with Crippen LogP contribution in [0.1, 0.15) is 6.42 Å². The van der Waals surface area contributed by atoms with Gasteiger partial charge < -0.3 is 15.2 Å². The van der Waals surface area contributed by atoms with Crippen molar-refractivity contribution in [2.24, 2.45) is 35.5 Å². The van der Waals surface area contributed by atoms with Gasteiger partial charge in [0.2, 0.25) is 5.91 Å². The summed E-state index contributed by atoms with van der Waals surface area (Å²) in [6.45, 7) is 0. The SMILES string of the molecule is O=C(Nc1ccc(Oc2cccc(Cl)c2)cc1)[C@@H]1[C@@H]2C=C[C@H]([C@H]3C[C@H]23)[C@@H]1C(=O)O. The maximum atomic E-state index is 13.0. The van der Waals surface area contributed by atoms with Crippen molar-refractivity contribution in [3.05, 3.63) is 65.7 Å². The molecule has 29 heavy (non-hydrogen) atoms. The fourth-order valence-electron chi connectivity index (χ4n) is 5.07. The molecular weight excluding hydrogens is 390 g/mol. The number of hydrogen-bond acceptors (Lipinski definition) is 3. The molecule has 4 aliphatic carbocycles. The van der Waals surface area contributed by atoms with Gasteiger partial charge in [-0.25, -0.2) is 0 Å². The van der Waals surface area contributed by atoms with Crippen molar-refractivity contribution in [3.8, 4) is 11.5 Å². The van der Waals surface area contributed by atoms with Crippen molar-refractivity contribution < 1.29 is 19.4 Å². The van der Waals surface area contributed by atoms with Crippen molar-refractivity contribution in [1.29, 1.82) is 0 Å². The molecule has 2 N–H and O–H groups in total. The number of carbonyl (C=O) groups is 2. The molecule has 0 aliphatic heterocycles. The lowest BCUT2D eigenvalue weighted by Crippen LogP contribution is -2.48. The van der Waals surface area contributed by atoms with Crippen molar-refractivity contribution in [2.75, 3.05) is 5.32 Å². The number of anilines is 1. The molecule has 0 unspecified atom stereocenters. The third-order valence-corrected chi connectivity index (χ3v) is 6.63. The van der Waals surface area contributed by atoms with E-state index in [4.69, 9.17) is 16.3 Å². The Balaban J connectivity index is 1.29. The highest BCUT2D eigenvalue weighted by Crippen LogP contribution is 2.63. The number of hydrogen-bond donors (Lipinski definition) is 2. The van der Waals surface area contributed by atoms with Gasteiger partial charge in [-0.2, -0.15) is 0 Å². The van der Waals surface area contributed by atoms with Gasteiger partial charge in [0.15, 0.2) is 0 Å². The predicted molar refractivity (Wildman–Crippen MR) is 109 cm³/mol. The molecule has 6 heteroatoms. The molecule has 0 saturated heterocycles. The summed E-state index contributed by atoms with van der Waals surface area (Å²) >= 11 is 5.97. The summed E-state index contributed by atoms with van der Waals surface area (Å²) in [5.74, 6) is -0.0959. The average Bonchev–Trinajstić information content (AvgIpc) is 3.51. The third kappa shape index (κ3) is 3.29. The molecular formula is C23H20ClNO4. The number of aliphatic carboxylic acids is 1. The summed E-state index contributed by atoms with van der Waals surface area (Å²) in [6.07, 6.45) is 5.11. The van der Waals surface area contributed by atoms with E-state index in [0.29, 0.717) is 34.0 Å². The van der Waals surface area contributed by atoms with E-state index in [1.807, 2.05) is 18.2 Å². The van der Waals surface area contributed by atoms with Crippen LogP contribution in [0, 0.1) is 35.5 Å². The van der Waals surface area contributed by atoms with Crippen LogP contribution in [0.3, 0.4) is 0 Å². The van der Waals surface area contributed by atoms with Gasteiger partial charge in [0.25, 0.3) is 0 Å². The first-order valence-electron chi connectivity index (χ1n) is 9.77. The van der Waals surface area contributed by atoms with Gasteiger partial charge >= 0.3 is 5.97 Å². The summed E-state index contributed by atoms with van der Waals surface area (Å²) in [6, 6.07) is 14.1. The van der Waals surface area contributed by atoms with Crippen molar-refractivity contribution >= 4 is 29.2 Å². The highest BCUT2D eigenvalue weighted by molar-refractivity contribution is 6.30. The number of fused-ring (bicyclic) bond motifs is 1. The van der Waals surface area contributed by atoms with Gasteiger partial charge in [-0.05, 0) is 72.6 Å². The van der Waals surface area contributed by atoms with E-state index in [2.05, 4.69) is 11.4 Å². The van der Waals surface area contributed by atoms with Crippen LogP contribution in [0.4, 0.5) is 5.69 Å². The minimum atomic E-state index is -0.875. The van der Waals surface area contributed by atoms with Gasteiger partial charge in [-0.3, -0.25) is 9.59 Å². The van der Waals surface area contributed by atoms with Crippen molar-refractivity contribution in [3.63, 3.8) is 0 Å². The van der Waals surface area contributed by atoms with Gasteiger partial charge in [-0.1, -0.05) is 29.8 Å². The number of carboxylic acids is 1. The zero-order valence-electron chi connectivity index (χ0n) is 15.5. The normalized spacial score (nSPS) is 31.1. The van der Waals surface area contributed by atoms with Crippen LogP contribution >= 0.6 is 11.6 Å². The molecule has 1 amide bonds. The fourth-order valence-corrected chi connectivity index (χ4v) is 5.25. The van der Waals surface area contributed by atoms with Crippen LogP contribution in [0.25, 0.3) is 0 Å². The van der Waals surface area contributed by atoms with Gasteiger partial charge in [-0.15, -0.1) is 0 Å². The van der Waals surface area contributed by atoms with Gasteiger partial charge in [0, 0.05) is 10.7 Å². The summed E-state index contributed by atoms with van der Waals surface area (Å²) in [5.41, 5.74) is 0.621. The second kappa shape index (κ2) is 6.92. The summed E-state index contributed by atoms with van der Waals surface area (Å²) in [7, 11) is 0. The Morgan fingerprint density at radius 1 is 0.966 bits per heavy atom. The molecule has 5 nitrogen and oxygen atoms in total. The van der Waals surface area contributed by atoms with E-state index >= 15 is 0 Å². The summed E-state index contributed by atoms with van der Waals surface area (Å²) in [5, 5.41) is 13.2. The highest BCUT2D eigenvalue weighted by Gasteiger charge is 2.62. The monoisotopic (exact) mass is 409 g/mol. The second-order valence-corrected chi connectivity index (χ2v) is 8.50. The van der Waals surface area contributed by atoms with E-state index < -0.39 is 17.8 Å². The first kappa shape index (κ1) is 18.3. The van der Waals surface area contributed by atoms with Crippen molar-refractivity contribution in [1.82, 2.24) is 0 Å². The lowest BCUT2D eigenvalue weighted by atomic mass is 9.62. The number of rotatable bonds is 5. The van der Waals surface area contributed by atoms with Gasteiger partial charge in [0.05, 0.1) is 11.8 Å². The Labute approximate surface area is 173 Å². The lowest BCUT2D eigenvalue weighted by molar-refractivity contribution is -0.152.